The topological polar surface area (TPSA) is 12.0 Å². The first kappa shape index (κ1) is 15.4. The molecule has 0 fully saturated rings. The molecule has 5 heteroatoms. The van der Waals surface area contributed by atoms with Crippen molar-refractivity contribution < 1.29 is 4.39 Å². The lowest BCUT2D eigenvalue weighted by atomic mass is 10.1. The van der Waals surface area contributed by atoms with Gasteiger partial charge in [0.15, 0.2) is 0 Å². The summed E-state index contributed by atoms with van der Waals surface area (Å²) in [5.41, 5.74) is 2.30. The van der Waals surface area contributed by atoms with E-state index in [0.717, 1.165) is 11.3 Å². The molecule has 0 aromatic heterocycles. The van der Waals surface area contributed by atoms with Gasteiger partial charge in [0.2, 0.25) is 0 Å². The third-order valence-corrected chi connectivity index (χ3v) is 4.12. The number of hydrogen-bond acceptors (Lipinski definition) is 1. The van der Waals surface area contributed by atoms with Crippen LogP contribution in [0.1, 0.15) is 24.1 Å². The lowest BCUT2D eigenvalue weighted by molar-refractivity contribution is 0.624. The fourth-order valence-electron chi connectivity index (χ4n) is 2.04. The lowest BCUT2D eigenvalue weighted by Gasteiger charge is -2.20. The zero-order valence-corrected chi connectivity index (χ0v) is 13.2. The van der Waals surface area contributed by atoms with E-state index >= 15 is 0 Å². The Morgan fingerprint density at radius 2 is 1.75 bits per heavy atom. The van der Waals surface area contributed by atoms with E-state index in [4.69, 9.17) is 34.8 Å². The molecule has 0 saturated carbocycles. The molecule has 1 atom stereocenters. The van der Waals surface area contributed by atoms with E-state index in [-0.39, 0.29) is 11.1 Å². The van der Waals surface area contributed by atoms with Crippen LogP contribution in [0.4, 0.5) is 10.1 Å². The second kappa shape index (κ2) is 6.21. The molecule has 1 N–H and O–H groups in total. The predicted molar refractivity (Wildman–Crippen MR) is 84.6 cm³/mol. The maximum absolute atomic E-state index is 13.6. The van der Waals surface area contributed by atoms with Gasteiger partial charge in [0, 0.05) is 10.6 Å². The van der Waals surface area contributed by atoms with Crippen LogP contribution in [0.3, 0.4) is 0 Å². The minimum absolute atomic E-state index is 0.0298. The van der Waals surface area contributed by atoms with Crippen LogP contribution in [0.15, 0.2) is 30.3 Å². The number of benzene rings is 2. The third-order valence-electron chi connectivity index (χ3n) is 3.10. The molecular formula is C15H13Cl3FN. The average Bonchev–Trinajstić information content (AvgIpc) is 2.39. The normalized spacial score (nSPS) is 12.3. The van der Waals surface area contributed by atoms with Crippen LogP contribution in [0.5, 0.6) is 0 Å². The fraction of sp³-hybridized carbons (Fsp3) is 0.200. The quantitative estimate of drug-likeness (QED) is 0.653. The van der Waals surface area contributed by atoms with Crippen LogP contribution >= 0.6 is 34.8 Å². The Bertz CT molecular complexity index is 623. The van der Waals surface area contributed by atoms with Gasteiger partial charge in [0.05, 0.1) is 21.8 Å². The molecule has 0 radical (unpaired) electrons. The molecule has 0 bridgehead atoms. The van der Waals surface area contributed by atoms with E-state index in [2.05, 4.69) is 5.32 Å². The second-order valence-electron chi connectivity index (χ2n) is 4.55. The monoisotopic (exact) mass is 331 g/mol. The first-order chi connectivity index (χ1) is 9.41. The Balaban J connectivity index is 2.38. The maximum Gasteiger partial charge on any atom is 0.142 e. The lowest BCUT2D eigenvalue weighted by Crippen LogP contribution is -2.10. The van der Waals surface area contributed by atoms with Crippen LogP contribution in [0, 0.1) is 12.7 Å². The molecule has 0 spiro atoms. The predicted octanol–water partition coefficient (Wildman–Crippen LogP) is 6.27. The molecule has 2 rings (SSSR count). The first-order valence-corrected chi connectivity index (χ1v) is 7.20. The van der Waals surface area contributed by atoms with E-state index in [1.807, 2.05) is 26.0 Å². The minimum atomic E-state index is -0.490. The maximum atomic E-state index is 13.6. The van der Waals surface area contributed by atoms with Gasteiger partial charge in [-0.15, -0.1) is 0 Å². The van der Waals surface area contributed by atoms with Gasteiger partial charge in [-0.3, -0.25) is 0 Å². The number of anilines is 1. The molecule has 1 unspecified atom stereocenters. The van der Waals surface area contributed by atoms with Crippen molar-refractivity contribution in [1.29, 1.82) is 0 Å². The van der Waals surface area contributed by atoms with Gasteiger partial charge in [-0.05, 0) is 37.6 Å². The second-order valence-corrected chi connectivity index (χ2v) is 5.75. The molecule has 0 amide bonds. The summed E-state index contributed by atoms with van der Waals surface area (Å²) < 4.78 is 13.6. The molecule has 20 heavy (non-hydrogen) atoms. The van der Waals surface area contributed by atoms with Gasteiger partial charge in [-0.2, -0.15) is 0 Å². The highest BCUT2D eigenvalue weighted by Gasteiger charge is 2.18. The number of halogens is 4. The van der Waals surface area contributed by atoms with Crippen molar-refractivity contribution in [1.82, 2.24) is 0 Å². The Morgan fingerprint density at radius 3 is 2.40 bits per heavy atom. The summed E-state index contributed by atoms with van der Waals surface area (Å²) in [5.74, 6) is -0.490. The molecule has 106 valence electrons. The molecular weight excluding hydrogens is 320 g/mol. The highest BCUT2D eigenvalue weighted by atomic mass is 35.5. The van der Waals surface area contributed by atoms with Crippen molar-refractivity contribution >= 4 is 40.5 Å². The van der Waals surface area contributed by atoms with Gasteiger partial charge < -0.3 is 5.32 Å². The largest absolute Gasteiger partial charge is 0.377 e. The van der Waals surface area contributed by atoms with E-state index in [1.165, 1.54) is 12.1 Å². The summed E-state index contributed by atoms with van der Waals surface area (Å²) in [6.45, 7) is 3.80. The highest BCUT2D eigenvalue weighted by Crippen LogP contribution is 2.36. The number of rotatable bonds is 3. The minimum Gasteiger partial charge on any atom is -0.377 e. The van der Waals surface area contributed by atoms with Gasteiger partial charge in [-0.25, -0.2) is 4.39 Å². The van der Waals surface area contributed by atoms with Crippen molar-refractivity contribution in [3.05, 3.63) is 62.3 Å². The van der Waals surface area contributed by atoms with Crippen molar-refractivity contribution in [2.45, 2.75) is 19.9 Å². The zero-order chi connectivity index (χ0) is 14.9. The Labute approximate surface area is 132 Å². The van der Waals surface area contributed by atoms with Crippen LogP contribution in [-0.2, 0) is 0 Å². The first-order valence-electron chi connectivity index (χ1n) is 6.07. The van der Waals surface area contributed by atoms with Crippen LogP contribution in [0.25, 0.3) is 0 Å². The molecule has 1 nitrogen and oxygen atoms in total. The number of aryl methyl sites for hydroxylation is 1. The Morgan fingerprint density at radius 1 is 1.05 bits per heavy atom. The summed E-state index contributed by atoms with van der Waals surface area (Å²) in [6, 6.07) is 8.07. The number of hydrogen-bond donors (Lipinski definition) is 1. The van der Waals surface area contributed by atoms with Gasteiger partial charge in [-0.1, -0.05) is 46.9 Å². The molecule has 0 aliphatic rings. The zero-order valence-electron chi connectivity index (χ0n) is 11.0. The van der Waals surface area contributed by atoms with Crippen LogP contribution in [-0.4, -0.2) is 0 Å². The summed E-state index contributed by atoms with van der Waals surface area (Å²) in [6.07, 6.45) is 0. The van der Waals surface area contributed by atoms with Gasteiger partial charge >= 0.3 is 0 Å². The van der Waals surface area contributed by atoms with E-state index < -0.39 is 5.82 Å². The smallest absolute Gasteiger partial charge is 0.142 e. The van der Waals surface area contributed by atoms with Crippen molar-refractivity contribution in [2.24, 2.45) is 0 Å². The van der Waals surface area contributed by atoms with Crippen molar-refractivity contribution in [3.8, 4) is 0 Å². The van der Waals surface area contributed by atoms with Crippen LogP contribution < -0.4 is 5.32 Å². The van der Waals surface area contributed by atoms with E-state index in [9.17, 15) is 4.39 Å². The Hall–Kier alpha value is -0.960. The van der Waals surface area contributed by atoms with E-state index in [0.29, 0.717) is 15.6 Å². The summed E-state index contributed by atoms with van der Waals surface area (Å²) >= 11 is 18.3. The van der Waals surface area contributed by atoms with Crippen LogP contribution in [0.2, 0.25) is 15.1 Å². The SMILES string of the molecule is Cc1cccc(Cl)c1NC(C)c1c(Cl)ccc(F)c1Cl. The third kappa shape index (κ3) is 3.03. The van der Waals surface area contributed by atoms with E-state index in [1.54, 1.807) is 6.07 Å². The average molecular weight is 333 g/mol. The molecule has 0 heterocycles. The van der Waals surface area contributed by atoms with Gasteiger partial charge in [0.1, 0.15) is 5.82 Å². The molecule has 0 aliphatic heterocycles. The number of para-hydroxylation sites is 1. The molecule has 0 saturated heterocycles. The van der Waals surface area contributed by atoms with Crippen molar-refractivity contribution in [2.75, 3.05) is 5.32 Å². The number of nitrogens with one attached hydrogen (secondary N) is 1. The molecule has 2 aromatic rings. The standard InChI is InChI=1S/C15H13Cl3FN/c1-8-4-3-5-11(17)15(8)20-9(2)13-10(16)6-7-12(19)14(13)18/h3-7,9,20H,1-2H3. The fourth-order valence-corrected chi connectivity index (χ4v) is 3.02. The molecule has 0 aliphatic carbocycles. The van der Waals surface area contributed by atoms with Gasteiger partial charge in [0.25, 0.3) is 0 Å². The van der Waals surface area contributed by atoms with Crippen molar-refractivity contribution in [3.63, 3.8) is 0 Å². The molecule has 2 aromatic carbocycles. The highest BCUT2D eigenvalue weighted by molar-refractivity contribution is 6.36. The Kier molecular flexibility index (Phi) is 4.79. The summed E-state index contributed by atoms with van der Waals surface area (Å²) in [4.78, 5) is 0. The summed E-state index contributed by atoms with van der Waals surface area (Å²) in [7, 11) is 0. The summed E-state index contributed by atoms with van der Waals surface area (Å²) in [5, 5.41) is 4.28.